The van der Waals surface area contributed by atoms with Crippen molar-refractivity contribution >= 4 is 17.5 Å². The number of anilines is 1. The fourth-order valence-electron chi connectivity index (χ4n) is 3.90. The largest absolute Gasteiger partial charge is 0.494 e. The molecule has 7 nitrogen and oxygen atoms in total. The number of nitrogens with one attached hydrogen (secondary N) is 2. The molecule has 0 fully saturated rings. The van der Waals surface area contributed by atoms with Crippen molar-refractivity contribution in [2.75, 3.05) is 18.5 Å². The van der Waals surface area contributed by atoms with E-state index >= 15 is 0 Å². The summed E-state index contributed by atoms with van der Waals surface area (Å²) in [6.07, 6.45) is 0. The highest BCUT2D eigenvalue weighted by molar-refractivity contribution is 6.02. The van der Waals surface area contributed by atoms with E-state index in [2.05, 4.69) is 10.6 Å². The molecule has 0 aromatic heterocycles. The van der Waals surface area contributed by atoms with Gasteiger partial charge in [0.1, 0.15) is 23.3 Å². The van der Waals surface area contributed by atoms with E-state index in [4.69, 9.17) is 14.2 Å². The molecule has 0 saturated carbocycles. The third-order valence-corrected chi connectivity index (χ3v) is 5.87. The van der Waals surface area contributed by atoms with Crippen LogP contribution in [0.1, 0.15) is 28.4 Å². The van der Waals surface area contributed by atoms with Crippen LogP contribution in [0.2, 0.25) is 0 Å². The predicted molar refractivity (Wildman–Crippen MR) is 151 cm³/mol. The molecule has 7 heteroatoms. The topological polar surface area (TPSA) is 85.9 Å². The maximum atomic E-state index is 13.3. The van der Waals surface area contributed by atoms with Gasteiger partial charge in [-0.1, -0.05) is 48.5 Å². The zero-order valence-electron chi connectivity index (χ0n) is 22.1. The van der Waals surface area contributed by atoms with Gasteiger partial charge in [0.05, 0.1) is 19.8 Å². The molecule has 200 valence electrons. The molecule has 0 heterocycles. The number of benzene rings is 4. The molecule has 39 heavy (non-hydrogen) atoms. The van der Waals surface area contributed by atoms with Gasteiger partial charge in [0.25, 0.3) is 5.91 Å². The first kappa shape index (κ1) is 27.4. The summed E-state index contributed by atoms with van der Waals surface area (Å²) in [7, 11) is 0. The second-order valence-corrected chi connectivity index (χ2v) is 8.87. The highest BCUT2D eigenvalue weighted by Crippen LogP contribution is 2.23. The lowest BCUT2D eigenvalue weighted by molar-refractivity contribution is -0.119. The van der Waals surface area contributed by atoms with E-state index in [-0.39, 0.29) is 12.5 Å². The molecule has 2 amide bonds. The van der Waals surface area contributed by atoms with Crippen molar-refractivity contribution in [1.29, 1.82) is 0 Å². The van der Waals surface area contributed by atoms with Crippen molar-refractivity contribution in [3.63, 3.8) is 0 Å². The number of carbonyl (C=O) groups is 2. The summed E-state index contributed by atoms with van der Waals surface area (Å²) in [5.41, 5.74) is 2.75. The van der Waals surface area contributed by atoms with Crippen molar-refractivity contribution in [2.24, 2.45) is 0 Å². The molecule has 1 atom stereocenters. The van der Waals surface area contributed by atoms with Crippen molar-refractivity contribution in [3.8, 4) is 17.2 Å². The predicted octanol–water partition coefficient (Wildman–Crippen LogP) is 6.14. The van der Waals surface area contributed by atoms with Crippen LogP contribution in [0.15, 0.2) is 103 Å². The SMILES string of the molecule is CCOc1ccc(C(=O)NC(COCc2ccccc2)C(=O)Nc2ccc(Oc3ccccc3)cc2)c(C)c1. The average molecular weight is 525 g/mol. The smallest absolute Gasteiger partial charge is 0.252 e. The molecule has 0 aliphatic heterocycles. The number of aryl methyl sites for hydroxylation is 1. The standard InChI is InChI=1S/C32H32N2O5/c1-3-38-28-18-19-29(23(2)20-28)31(35)34-30(22-37-21-24-10-6-4-7-11-24)32(36)33-25-14-16-27(17-15-25)39-26-12-8-5-9-13-26/h4-20,30H,3,21-22H2,1-2H3,(H,33,36)(H,34,35). The molecular formula is C32H32N2O5. The molecule has 2 N–H and O–H groups in total. The Hall–Kier alpha value is -4.62. The van der Waals surface area contributed by atoms with Gasteiger partial charge in [-0.3, -0.25) is 9.59 Å². The summed E-state index contributed by atoms with van der Waals surface area (Å²) in [6.45, 7) is 4.58. The van der Waals surface area contributed by atoms with Crippen LogP contribution in [0.25, 0.3) is 0 Å². The first-order chi connectivity index (χ1) is 19.0. The first-order valence-corrected chi connectivity index (χ1v) is 12.8. The van der Waals surface area contributed by atoms with Crippen LogP contribution in [0, 0.1) is 6.92 Å². The molecule has 0 saturated heterocycles. The lowest BCUT2D eigenvalue weighted by Crippen LogP contribution is -2.47. The van der Waals surface area contributed by atoms with Gasteiger partial charge >= 0.3 is 0 Å². The Kier molecular flexibility index (Phi) is 9.69. The minimum absolute atomic E-state index is 0.00224. The van der Waals surface area contributed by atoms with Gasteiger partial charge in [-0.15, -0.1) is 0 Å². The Bertz CT molecular complexity index is 1360. The van der Waals surface area contributed by atoms with Crippen LogP contribution in [0.4, 0.5) is 5.69 Å². The van der Waals surface area contributed by atoms with Gasteiger partial charge in [-0.05, 0) is 79.6 Å². The van der Waals surface area contributed by atoms with Gasteiger partial charge in [0.2, 0.25) is 5.91 Å². The molecule has 0 aliphatic rings. The van der Waals surface area contributed by atoms with Crippen molar-refractivity contribution in [1.82, 2.24) is 5.32 Å². The summed E-state index contributed by atoms with van der Waals surface area (Å²) in [6, 6.07) is 30.4. The Morgan fingerprint density at radius 2 is 1.44 bits per heavy atom. The molecule has 1 unspecified atom stereocenters. The molecular weight excluding hydrogens is 492 g/mol. The number of hydrogen-bond donors (Lipinski definition) is 2. The Labute approximate surface area is 228 Å². The summed E-state index contributed by atoms with van der Waals surface area (Å²) in [5, 5.41) is 5.70. The molecule has 0 spiro atoms. The van der Waals surface area contributed by atoms with Crippen LogP contribution in [0.5, 0.6) is 17.2 Å². The van der Waals surface area contributed by atoms with Crippen molar-refractivity contribution < 1.29 is 23.8 Å². The number of amides is 2. The summed E-state index contributed by atoms with van der Waals surface area (Å²) in [5.74, 6) is 1.28. The third kappa shape index (κ3) is 8.18. The van der Waals surface area contributed by atoms with E-state index in [0.29, 0.717) is 36.0 Å². The minimum Gasteiger partial charge on any atom is -0.494 e. The van der Waals surface area contributed by atoms with Crippen molar-refractivity contribution in [3.05, 3.63) is 120 Å². The monoisotopic (exact) mass is 524 g/mol. The van der Waals surface area contributed by atoms with E-state index < -0.39 is 11.9 Å². The van der Waals surface area contributed by atoms with E-state index in [9.17, 15) is 9.59 Å². The van der Waals surface area contributed by atoms with E-state index in [0.717, 1.165) is 16.9 Å². The maximum Gasteiger partial charge on any atom is 0.252 e. The molecule has 0 aliphatic carbocycles. The Balaban J connectivity index is 1.43. The van der Waals surface area contributed by atoms with E-state index in [1.807, 2.05) is 74.5 Å². The first-order valence-electron chi connectivity index (χ1n) is 12.8. The summed E-state index contributed by atoms with van der Waals surface area (Å²) in [4.78, 5) is 26.4. The highest BCUT2D eigenvalue weighted by Gasteiger charge is 2.23. The van der Waals surface area contributed by atoms with Gasteiger partial charge in [-0.2, -0.15) is 0 Å². The average Bonchev–Trinajstić information content (AvgIpc) is 2.95. The zero-order valence-corrected chi connectivity index (χ0v) is 22.1. The lowest BCUT2D eigenvalue weighted by Gasteiger charge is -2.20. The second kappa shape index (κ2) is 13.8. The highest BCUT2D eigenvalue weighted by atomic mass is 16.5. The van der Waals surface area contributed by atoms with Crippen LogP contribution in [-0.4, -0.2) is 31.1 Å². The number of hydrogen-bond acceptors (Lipinski definition) is 5. The van der Waals surface area contributed by atoms with Gasteiger partial charge < -0.3 is 24.8 Å². The van der Waals surface area contributed by atoms with Gasteiger partial charge in [-0.25, -0.2) is 0 Å². The lowest BCUT2D eigenvalue weighted by atomic mass is 10.1. The Morgan fingerprint density at radius 1 is 0.795 bits per heavy atom. The number of para-hydroxylation sites is 1. The number of ether oxygens (including phenoxy) is 3. The molecule has 4 aromatic rings. The van der Waals surface area contributed by atoms with Crippen molar-refractivity contribution in [2.45, 2.75) is 26.5 Å². The summed E-state index contributed by atoms with van der Waals surface area (Å²) < 4.78 is 17.2. The van der Waals surface area contributed by atoms with E-state index in [1.165, 1.54) is 0 Å². The quantitative estimate of drug-likeness (QED) is 0.233. The second-order valence-electron chi connectivity index (χ2n) is 8.87. The Morgan fingerprint density at radius 3 is 2.10 bits per heavy atom. The zero-order chi connectivity index (χ0) is 27.5. The molecule has 4 aromatic carbocycles. The van der Waals surface area contributed by atoms with Crippen LogP contribution >= 0.6 is 0 Å². The molecule has 0 bridgehead atoms. The van der Waals surface area contributed by atoms with Crippen LogP contribution in [-0.2, 0) is 16.1 Å². The van der Waals surface area contributed by atoms with Crippen LogP contribution in [0.3, 0.4) is 0 Å². The van der Waals surface area contributed by atoms with Gasteiger partial charge in [0, 0.05) is 11.3 Å². The number of rotatable bonds is 12. The van der Waals surface area contributed by atoms with Crippen LogP contribution < -0.4 is 20.1 Å². The fourth-order valence-corrected chi connectivity index (χ4v) is 3.90. The van der Waals surface area contributed by atoms with E-state index in [1.54, 1.807) is 42.5 Å². The summed E-state index contributed by atoms with van der Waals surface area (Å²) >= 11 is 0. The minimum atomic E-state index is -0.924. The normalized spacial score (nSPS) is 11.3. The van der Waals surface area contributed by atoms with Gasteiger partial charge in [0.15, 0.2) is 0 Å². The maximum absolute atomic E-state index is 13.3. The number of carbonyl (C=O) groups excluding carboxylic acids is 2. The fraction of sp³-hybridized carbons (Fsp3) is 0.188. The molecule has 4 rings (SSSR count). The molecule has 0 radical (unpaired) electrons. The third-order valence-electron chi connectivity index (χ3n) is 5.87.